The Morgan fingerprint density at radius 1 is 0.367 bits per heavy atom. The molecule has 38 nitrogen and oxygen atoms in total. The molecule has 610 valence electrons. The predicted molar refractivity (Wildman–Crippen MR) is 391 cm³/mol. The monoisotopic (exact) mass is 1540 g/mol. The summed E-state index contributed by atoms with van der Waals surface area (Å²) in [4.78, 5) is 187. The van der Waals surface area contributed by atoms with Gasteiger partial charge in [0.1, 0.15) is 35.8 Å². The molecular formula is C71H112N14O24. The lowest BCUT2D eigenvalue weighted by Crippen LogP contribution is -2.53. The van der Waals surface area contributed by atoms with Gasteiger partial charge in [-0.1, -0.05) is 88.5 Å². The van der Waals surface area contributed by atoms with Gasteiger partial charge in [-0.25, -0.2) is 33.8 Å². The van der Waals surface area contributed by atoms with E-state index in [2.05, 4.69) is 37.2 Å². The number of urea groups is 2. The van der Waals surface area contributed by atoms with Crippen molar-refractivity contribution in [2.75, 3.05) is 96.9 Å². The van der Waals surface area contributed by atoms with Crippen LogP contribution in [0.15, 0.2) is 24.3 Å². The van der Waals surface area contributed by atoms with E-state index >= 15 is 0 Å². The quantitative estimate of drug-likeness (QED) is 0.0423. The largest absolute Gasteiger partial charge is 0.481 e. The number of nitrogens with zero attached hydrogens (tertiary/aromatic N) is 7. The Morgan fingerprint density at radius 3 is 1.17 bits per heavy atom. The van der Waals surface area contributed by atoms with Crippen molar-refractivity contribution in [3.05, 3.63) is 47.0 Å². The van der Waals surface area contributed by atoms with Crippen molar-refractivity contribution >= 4 is 89.5 Å². The third kappa shape index (κ3) is 44.8. The van der Waals surface area contributed by atoms with Crippen LogP contribution >= 0.6 is 0 Å². The van der Waals surface area contributed by atoms with Crippen LogP contribution < -0.4 is 37.2 Å². The van der Waals surface area contributed by atoms with E-state index in [9.17, 15) is 108 Å². The summed E-state index contributed by atoms with van der Waals surface area (Å²) in [6, 6.07) is -0.767. The molecule has 1 aromatic heterocycles. The van der Waals surface area contributed by atoms with Crippen LogP contribution in [0.4, 0.5) is 15.5 Å². The Morgan fingerprint density at radius 2 is 0.734 bits per heavy atom. The third-order valence-electron chi connectivity index (χ3n) is 18.0. The fourth-order valence-corrected chi connectivity index (χ4v) is 12.1. The van der Waals surface area contributed by atoms with E-state index in [4.69, 9.17) is 25.2 Å². The molecule has 0 spiro atoms. The van der Waals surface area contributed by atoms with E-state index in [-0.39, 0.29) is 103 Å². The Kier molecular flexibility index (Phi) is 46.0. The van der Waals surface area contributed by atoms with Crippen molar-refractivity contribution in [3.63, 3.8) is 0 Å². The van der Waals surface area contributed by atoms with Crippen LogP contribution in [0.3, 0.4) is 0 Å². The average molecular weight is 1550 g/mol. The lowest BCUT2D eigenvalue weighted by molar-refractivity contribution is -0.142. The molecule has 1 unspecified atom stereocenters. The van der Waals surface area contributed by atoms with Crippen molar-refractivity contribution in [1.82, 2.24) is 66.5 Å². The molecule has 5 atom stereocenters. The molecule has 2 heterocycles. The first-order valence-electron chi connectivity index (χ1n) is 37.3. The first-order valence-corrected chi connectivity index (χ1v) is 37.3. The molecule has 1 aliphatic rings. The zero-order valence-corrected chi connectivity index (χ0v) is 61.9. The van der Waals surface area contributed by atoms with Crippen LogP contribution in [0.1, 0.15) is 190 Å². The van der Waals surface area contributed by atoms with Crippen molar-refractivity contribution in [2.45, 2.75) is 216 Å². The molecule has 2 aromatic rings. The second-order valence-electron chi connectivity index (χ2n) is 27.2. The van der Waals surface area contributed by atoms with Gasteiger partial charge in [0.2, 0.25) is 17.8 Å². The number of aromatic nitrogens is 3. The van der Waals surface area contributed by atoms with Gasteiger partial charge >= 0.3 is 71.8 Å². The lowest BCUT2D eigenvalue weighted by Gasteiger charge is -2.37. The third-order valence-corrected chi connectivity index (χ3v) is 18.0. The normalized spacial score (nSPS) is 15.1. The molecule has 1 saturated heterocycles. The summed E-state index contributed by atoms with van der Waals surface area (Å²) in [7, 11) is 0. The summed E-state index contributed by atoms with van der Waals surface area (Å²) in [5.41, 5.74) is 1.68. The maximum Gasteiger partial charge on any atom is 0.326 e. The van der Waals surface area contributed by atoms with Crippen molar-refractivity contribution in [2.24, 2.45) is 0 Å². The Labute approximate surface area is 632 Å². The highest BCUT2D eigenvalue weighted by Gasteiger charge is 2.30. The zero-order valence-electron chi connectivity index (χ0n) is 61.9. The van der Waals surface area contributed by atoms with Crippen LogP contribution in [0.2, 0.25) is 0 Å². The summed E-state index contributed by atoms with van der Waals surface area (Å²) < 4.78 is 0. The molecule has 6 amide bonds. The minimum absolute atomic E-state index is 0.00389. The topological polar surface area (TPSA) is 577 Å². The van der Waals surface area contributed by atoms with Crippen molar-refractivity contribution < 1.29 is 118 Å². The molecule has 0 aliphatic carbocycles. The fourth-order valence-electron chi connectivity index (χ4n) is 12.1. The van der Waals surface area contributed by atoms with Crippen LogP contribution in [-0.2, 0) is 76.8 Å². The van der Waals surface area contributed by atoms with Gasteiger partial charge in [0.25, 0.3) is 0 Å². The average Bonchev–Trinajstić information content (AvgIpc) is 0.845. The van der Waals surface area contributed by atoms with Crippen LogP contribution in [-0.4, -0.2) is 291 Å². The smallest absolute Gasteiger partial charge is 0.326 e. The number of rotatable bonds is 57. The Hall–Kier alpha value is -9.95. The van der Waals surface area contributed by atoms with Gasteiger partial charge in [0.15, 0.2) is 0 Å². The molecule has 109 heavy (non-hydrogen) atoms. The van der Waals surface area contributed by atoms with Crippen molar-refractivity contribution in [3.8, 4) is 0 Å². The van der Waals surface area contributed by atoms with Crippen LogP contribution in [0.5, 0.6) is 0 Å². The molecule has 0 radical (unpaired) electrons. The summed E-state index contributed by atoms with van der Waals surface area (Å²) in [6.45, 7) is 0.741. The first-order chi connectivity index (χ1) is 51.9. The maximum absolute atomic E-state index is 12.6. The number of unbranched alkanes of at least 4 members (excludes halogenated alkanes) is 14. The SMILES string of the molecule is O=C(O)CC[C@H](NC(=O)N[C@@H](CCCCNC(=O)CCCCCCCCCCNc1nc(CCCCCCCCC(=O)NCCCC[C@H](NC(=O)N[C@@H](CCC(=O)O)C(=O)O)C(=O)O)nc(Cc2ccc(CC3CN(CC(=O)O)CCN(CC(=O)O)CCN(CC(=O)O)CCN3CC(=O)O)cc2)n1)C(=O)O)C(=O)O. The van der Waals surface area contributed by atoms with Crippen LogP contribution in [0.25, 0.3) is 0 Å². The molecule has 1 aromatic carbocycles. The molecule has 0 bridgehead atoms. The number of carbonyl (C=O) groups is 14. The number of nitrogens with one attached hydrogen (secondary N) is 7. The van der Waals surface area contributed by atoms with Gasteiger partial charge in [0.05, 0.1) is 26.2 Å². The highest BCUT2D eigenvalue weighted by Crippen LogP contribution is 2.19. The molecule has 1 fully saturated rings. The van der Waals surface area contributed by atoms with Crippen molar-refractivity contribution in [1.29, 1.82) is 0 Å². The zero-order chi connectivity index (χ0) is 80.5. The number of aryl methyl sites for hydroxylation is 1. The number of carbonyl (C=O) groups excluding carboxylic acids is 4. The molecule has 17 N–H and O–H groups in total. The molecular weight excluding hydrogens is 1430 g/mol. The number of hydrogen-bond donors (Lipinski definition) is 17. The summed E-state index contributed by atoms with van der Waals surface area (Å²) in [5.74, 6) is -11.3. The molecule has 0 saturated carbocycles. The lowest BCUT2D eigenvalue weighted by atomic mass is 10.0. The minimum atomic E-state index is -1.53. The number of benzene rings is 1. The van der Waals surface area contributed by atoms with E-state index in [1.54, 1.807) is 19.6 Å². The van der Waals surface area contributed by atoms with Gasteiger partial charge in [-0.2, -0.15) is 9.97 Å². The second kappa shape index (κ2) is 53.8. The van der Waals surface area contributed by atoms with Gasteiger partial charge in [-0.05, 0) is 94.6 Å². The summed E-state index contributed by atoms with van der Waals surface area (Å²) in [6.07, 6.45) is 13.6. The predicted octanol–water partition coefficient (Wildman–Crippen LogP) is 2.84. The summed E-state index contributed by atoms with van der Waals surface area (Å²) >= 11 is 0. The number of amides is 6. The van der Waals surface area contributed by atoms with Gasteiger partial charge in [-0.3, -0.25) is 58.0 Å². The molecule has 1 aliphatic heterocycles. The minimum Gasteiger partial charge on any atom is -0.481 e. The maximum atomic E-state index is 12.6. The molecule has 3 rings (SSSR count). The summed E-state index contributed by atoms with van der Waals surface area (Å²) in [5, 5.41) is 112. The van der Waals surface area contributed by atoms with Crippen LogP contribution in [0, 0.1) is 0 Å². The highest BCUT2D eigenvalue weighted by molar-refractivity contribution is 5.87. The fraction of sp³-hybridized carbons (Fsp3) is 0.676. The van der Waals surface area contributed by atoms with Gasteiger partial charge < -0.3 is 88.3 Å². The molecule has 38 heteroatoms. The van der Waals surface area contributed by atoms with E-state index in [0.717, 1.165) is 88.2 Å². The number of anilines is 1. The van der Waals surface area contributed by atoms with E-state index < -0.39 is 128 Å². The first kappa shape index (κ1) is 93.3. The van der Waals surface area contributed by atoms with E-state index in [1.165, 1.54) is 0 Å². The highest BCUT2D eigenvalue weighted by atomic mass is 16.4. The Bertz CT molecular complexity index is 3220. The number of aliphatic carboxylic acids is 10. The number of carboxylic acids is 10. The van der Waals surface area contributed by atoms with E-state index in [0.29, 0.717) is 101 Å². The van der Waals surface area contributed by atoms with E-state index in [1.807, 2.05) is 24.3 Å². The number of carboxylic acid groups (broad SMARTS) is 10. The second-order valence-corrected chi connectivity index (χ2v) is 27.2. The standard InChI is InChI=1S/C71H112N14O24/c86-57(72-32-17-14-19-51(65(100)101)75-70(108)77-53(67(104)105)28-30-59(88)89)22-12-8-3-1-2-6-10-16-34-74-69-80-55(21-11-7-4-5-9-13-23-58(87)73-33-18-15-20-52(66(102)103)76-71(109)78-54(68(106)107)29-31-60(90)91)79-56(81-69)42-49-26-24-48(25-27-49)41-50-43-84(46-63(96)97)38-37-82(44-61(92)93)35-36-83(45-62(94)95)39-40-85(50)47-64(98)99/h24-27,50-54H,1-23,28-47H2,(H,72,86)(H,73,87)(H,88,89)(H,90,91)(H,92,93)(H,94,95)(H,96,97)(H,98,99)(H,100,101)(H,102,103)(H,104,105)(H,106,107)(H2,75,77,108)(H2,76,78,109)(H,74,79,80,81)/t50?,51-,52-,53-,54-/m0/s1. The Balaban J connectivity index is 1.58. The number of hydrogen-bond acceptors (Lipinski definition) is 22. The van der Waals surface area contributed by atoms with Gasteiger partial charge in [-0.15, -0.1) is 0 Å². The van der Waals surface area contributed by atoms with Gasteiger partial charge in [0, 0.05) is 110 Å².